The Morgan fingerprint density at radius 1 is 1.25 bits per heavy atom. The van der Waals surface area contributed by atoms with E-state index in [1.165, 1.54) is 6.21 Å². The zero-order valence-electron chi connectivity index (χ0n) is 5.80. The van der Waals surface area contributed by atoms with Gasteiger partial charge in [0.2, 0.25) is 0 Å². The second-order valence-corrected chi connectivity index (χ2v) is 2.89. The van der Waals surface area contributed by atoms with Gasteiger partial charge in [-0.1, -0.05) is 34.4 Å². The first-order valence-electron chi connectivity index (χ1n) is 3.01. The molecule has 0 atom stereocenters. The molecule has 0 amide bonds. The molecule has 0 N–H and O–H groups in total. The molecule has 0 saturated heterocycles. The van der Waals surface area contributed by atoms with Crippen molar-refractivity contribution in [2.24, 2.45) is 5.16 Å². The molecule has 0 spiro atoms. The Labute approximate surface area is 84.8 Å². The molecule has 0 aliphatic carbocycles. The van der Waals surface area contributed by atoms with Gasteiger partial charge in [0.25, 0.3) is 0 Å². The van der Waals surface area contributed by atoms with Crippen LogP contribution in [-0.4, -0.2) is 6.21 Å². The molecule has 64 valence electrons. The van der Waals surface area contributed by atoms with Crippen LogP contribution < -0.4 is 0 Å². The predicted octanol–water partition coefficient (Wildman–Crippen LogP) is 3.50. The maximum Gasteiger partial charge on any atom is 0.167 e. The van der Waals surface area contributed by atoms with Crippen molar-refractivity contribution >= 4 is 41.3 Å². The standard InChI is InChI=1S/C7H4Cl3NO/c8-6-2-1-3-7(9)5(6)4-11-12-10/h1-4H. The number of halogens is 3. The van der Waals surface area contributed by atoms with Crippen LogP contribution in [0.5, 0.6) is 0 Å². The summed E-state index contributed by atoms with van der Waals surface area (Å²) in [5.41, 5.74) is 0.585. The third-order valence-electron chi connectivity index (χ3n) is 1.22. The summed E-state index contributed by atoms with van der Waals surface area (Å²) in [6.07, 6.45) is 1.34. The zero-order chi connectivity index (χ0) is 8.97. The van der Waals surface area contributed by atoms with Crippen LogP contribution in [0, 0.1) is 0 Å². The van der Waals surface area contributed by atoms with E-state index in [-0.39, 0.29) is 0 Å². The molecule has 1 aromatic carbocycles. The largest absolute Gasteiger partial charge is 0.277 e. The highest BCUT2D eigenvalue weighted by Gasteiger charge is 2.01. The minimum absolute atomic E-state index is 0.500. The Hall–Kier alpha value is -0.440. The van der Waals surface area contributed by atoms with E-state index in [0.717, 1.165) is 0 Å². The predicted molar refractivity (Wildman–Crippen MR) is 51.0 cm³/mol. The van der Waals surface area contributed by atoms with Crippen molar-refractivity contribution in [3.63, 3.8) is 0 Å². The lowest BCUT2D eigenvalue weighted by Crippen LogP contribution is -1.84. The number of benzene rings is 1. The van der Waals surface area contributed by atoms with Gasteiger partial charge in [-0.05, 0) is 12.1 Å². The van der Waals surface area contributed by atoms with Gasteiger partial charge in [0.05, 0.1) is 16.3 Å². The number of oxime groups is 1. The van der Waals surface area contributed by atoms with Crippen LogP contribution in [0.25, 0.3) is 0 Å². The smallest absolute Gasteiger partial charge is 0.167 e. The molecule has 0 aromatic heterocycles. The molecule has 2 nitrogen and oxygen atoms in total. The fourth-order valence-corrected chi connectivity index (χ4v) is 1.24. The summed E-state index contributed by atoms with van der Waals surface area (Å²) in [5, 5.41) is 4.34. The lowest BCUT2D eigenvalue weighted by Gasteiger charge is -1.98. The maximum absolute atomic E-state index is 5.79. The van der Waals surface area contributed by atoms with E-state index in [1.54, 1.807) is 18.2 Å². The molecule has 5 heteroatoms. The summed E-state index contributed by atoms with van der Waals surface area (Å²) in [5.74, 6) is 0. The highest BCUT2D eigenvalue weighted by Crippen LogP contribution is 2.22. The van der Waals surface area contributed by atoms with E-state index in [9.17, 15) is 0 Å². The summed E-state index contributed by atoms with van der Waals surface area (Å²) in [6, 6.07) is 5.13. The summed E-state index contributed by atoms with van der Waals surface area (Å²) < 4.78 is 3.98. The first kappa shape index (κ1) is 9.65. The number of rotatable bonds is 2. The number of hydrogen-bond donors (Lipinski definition) is 0. The van der Waals surface area contributed by atoms with Crippen molar-refractivity contribution in [1.29, 1.82) is 0 Å². The van der Waals surface area contributed by atoms with E-state index in [1.807, 2.05) is 0 Å². The van der Waals surface area contributed by atoms with Crippen molar-refractivity contribution in [3.8, 4) is 0 Å². The van der Waals surface area contributed by atoms with E-state index >= 15 is 0 Å². The first-order valence-corrected chi connectivity index (χ1v) is 4.07. The molecular formula is C7H4Cl3NO. The SMILES string of the molecule is ClON=Cc1c(Cl)cccc1Cl. The van der Waals surface area contributed by atoms with Gasteiger partial charge in [-0.15, -0.1) is 0 Å². The van der Waals surface area contributed by atoms with Crippen molar-refractivity contribution in [2.75, 3.05) is 0 Å². The van der Waals surface area contributed by atoms with E-state index < -0.39 is 0 Å². The molecule has 0 saturated carbocycles. The van der Waals surface area contributed by atoms with Crippen LogP contribution in [0.4, 0.5) is 0 Å². The topological polar surface area (TPSA) is 21.6 Å². The van der Waals surface area contributed by atoms with Crippen molar-refractivity contribution < 1.29 is 4.39 Å². The average Bonchev–Trinajstić information content (AvgIpc) is 2.04. The highest BCUT2D eigenvalue weighted by molar-refractivity contribution is 6.38. The minimum Gasteiger partial charge on any atom is -0.277 e. The fraction of sp³-hybridized carbons (Fsp3) is 0. The molecule has 1 aromatic rings. The first-order chi connectivity index (χ1) is 5.75. The van der Waals surface area contributed by atoms with Crippen molar-refractivity contribution in [3.05, 3.63) is 33.8 Å². The van der Waals surface area contributed by atoms with Gasteiger partial charge in [0.1, 0.15) is 0 Å². The summed E-state index contributed by atoms with van der Waals surface area (Å²) >= 11 is 16.5. The summed E-state index contributed by atoms with van der Waals surface area (Å²) in [4.78, 5) is 0. The van der Waals surface area contributed by atoms with Crippen molar-refractivity contribution in [2.45, 2.75) is 0 Å². The Kier molecular flexibility index (Phi) is 3.66. The lowest BCUT2D eigenvalue weighted by atomic mass is 10.2. The Morgan fingerprint density at radius 3 is 2.33 bits per heavy atom. The van der Waals surface area contributed by atoms with Crippen molar-refractivity contribution in [1.82, 2.24) is 0 Å². The molecular weight excluding hydrogens is 220 g/mol. The summed E-state index contributed by atoms with van der Waals surface area (Å²) in [7, 11) is 0. The molecule has 0 bridgehead atoms. The second-order valence-electron chi connectivity index (χ2n) is 1.94. The van der Waals surface area contributed by atoms with Crippen LogP contribution in [0.3, 0.4) is 0 Å². The zero-order valence-corrected chi connectivity index (χ0v) is 8.07. The van der Waals surface area contributed by atoms with Gasteiger partial charge in [0.15, 0.2) is 11.9 Å². The van der Waals surface area contributed by atoms with Gasteiger partial charge in [-0.25, -0.2) is 0 Å². The average molecular weight is 224 g/mol. The van der Waals surface area contributed by atoms with Gasteiger partial charge >= 0.3 is 0 Å². The van der Waals surface area contributed by atoms with Gasteiger partial charge < -0.3 is 0 Å². The Morgan fingerprint density at radius 2 is 1.83 bits per heavy atom. The second kappa shape index (κ2) is 4.55. The van der Waals surface area contributed by atoms with Gasteiger partial charge in [-0.2, -0.15) is 0 Å². The van der Waals surface area contributed by atoms with E-state index in [2.05, 4.69) is 9.55 Å². The molecule has 0 fully saturated rings. The Balaban J connectivity index is 3.04. The fourth-order valence-electron chi connectivity index (χ4n) is 0.707. The minimum atomic E-state index is 0.500. The summed E-state index contributed by atoms with van der Waals surface area (Å²) in [6.45, 7) is 0. The number of nitrogens with zero attached hydrogens (tertiary/aromatic N) is 1. The van der Waals surface area contributed by atoms with Crippen LogP contribution >= 0.6 is 35.1 Å². The van der Waals surface area contributed by atoms with Crippen LogP contribution in [0.15, 0.2) is 23.4 Å². The maximum atomic E-state index is 5.79. The molecule has 0 aliphatic heterocycles. The normalized spacial score (nSPS) is 10.6. The van der Waals surface area contributed by atoms with E-state index in [0.29, 0.717) is 15.6 Å². The van der Waals surface area contributed by atoms with Crippen LogP contribution in [0.1, 0.15) is 5.56 Å². The van der Waals surface area contributed by atoms with Gasteiger partial charge in [-0.3, -0.25) is 4.39 Å². The quantitative estimate of drug-likeness (QED) is 0.556. The lowest BCUT2D eigenvalue weighted by molar-refractivity contribution is 0.383. The van der Waals surface area contributed by atoms with Gasteiger partial charge in [0, 0.05) is 5.56 Å². The third kappa shape index (κ3) is 2.27. The molecule has 0 unspecified atom stereocenters. The molecule has 0 radical (unpaired) electrons. The monoisotopic (exact) mass is 223 g/mol. The third-order valence-corrected chi connectivity index (χ3v) is 1.96. The molecule has 12 heavy (non-hydrogen) atoms. The van der Waals surface area contributed by atoms with Crippen LogP contribution in [0.2, 0.25) is 10.0 Å². The van der Waals surface area contributed by atoms with E-state index in [4.69, 9.17) is 35.1 Å². The number of hydrogen-bond acceptors (Lipinski definition) is 2. The molecule has 0 heterocycles. The Bertz CT molecular complexity index is 280. The highest BCUT2D eigenvalue weighted by atomic mass is 35.5. The molecule has 1 rings (SSSR count). The molecule has 0 aliphatic rings. The van der Waals surface area contributed by atoms with Crippen LogP contribution in [-0.2, 0) is 4.39 Å².